The number of hydrogen-bond donors (Lipinski definition) is 1. The second-order valence-corrected chi connectivity index (χ2v) is 6.61. The van der Waals surface area contributed by atoms with Crippen molar-refractivity contribution < 1.29 is 17.9 Å². The van der Waals surface area contributed by atoms with Gasteiger partial charge in [-0.2, -0.15) is 0 Å². The second kappa shape index (κ2) is 7.20. The Morgan fingerprint density at radius 3 is 2.50 bits per heavy atom. The molecule has 0 saturated carbocycles. The molecule has 5 nitrogen and oxygen atoms in total. The molecule has 1 N–H and O–H groups in total. The topological polar surface area (TPSA) is 72.5 Å². The maximum atomic E-state index is 12.1. The Morgan fingerprint density at radius 2 is 1.82 bits per heavy atom. The van der Waals surface area contributed by atoms with Crippen LogP contribution in [0.2, 0.25) is 0 Å². The first kappa shape index (κ1) is 16.2. The minimum Gasteiger partial charge on any atom is -0.369 e. The molecule has 0 atom stereocenters. The number of nitrogens with one attached hydrogen (secondary N) is 1. The molecule has 116 valence electrons. The van der Waals surface area contributed by atoms with Gasteiger partial charge in [0.25, 0.3) is 0 Å². The lowest BCUT2D eigenvalue weighted by molar-refractivity contribution is 0.0726. The second-order valence-electron chi connectivity index (χ2n) is 4.86. The van der Waals surface area contributed by atoms with Crippen molar-refractivity contribution >= 4 is 21.5 Å². The lowest BCUT2D eigenvalue weighted by atomic mass is 10.1. The molecule has 2 aromatic carbocycles. The summed E-state index contributed by atoms with van der Waals surface area (Å²) in [6.07, 6.45) is 1.06. The average Bonchev–Trinajstić information content (AvgIpc) is 2.47. The SMILES string of the molecule is CS(=O)(=O)Nc1cccc(C(=O)COCc2ccccc2)c1. The monoisotopic (exact) mass is 319 g/mol. The quantitative estimate of drug-likeness (QED) is 0.796. The summed E-state index contributed by atoms with van der Waals surface area (Å²) in [6, 6.07) is 15.9. The van der Waals surface area contributed by atoms with Gasteiger partial charge in [0.1, 0.15) is 6.61 Å². The van der Waals surface area contributed by atoms with Crippen molar-refractivity contribution in [2.45, 2.75) is 6.61 Å². The molecule has 0 unspecified atom stereocenters. The van der Waals surface area contributed by atoms with Crippen molar-refractivity contribution in [3.8, 4) is 0 Å². The zero-order valence-electron chi connectivity index (χ0n) is 12.2. The Balaban J connectivity index is 1.93. The van der Waals surface area contributed by atoms with Crippen LogP contribution in [0.5, 0.6) is 0 Å². The molecule has 2 aromatic rings. The molecule has 0 fully saturated rings. The van der Waals surface area contributed by atoms with Crippen molar-refractivity contribution in [3.05, 3.63) is 65.7 Å². The van der Waals surface area contributed by atoms with E-state index in [9.17, 15) is 13.2 Å². The number of carbonyl (C=O) groups is 1. The Hall–Kier alpha value is -2.18. The van der Waals surface area contributed by atoms with E-state index in [-0.39, 0.29) is 12.4 Å². The summed E-state index contributed by atoms with van der Waals surface area (Å²) < 4.78 is 30.1. The molecular formula is C16H17NO4S. The molecule has 2 rings (SSSR count). The van der Waals surface area contributed by atoms with Gasteiger partial charge < -0.3 is 4.74 Å². The highest BCUT2D eigenvalue weighted by Crippen LogP contribution is 2.13. The molecule has 0 bridgehead atoms. The Morgan fingerprint density at radius 1 is 1.09 bits per heavy atom. The fourth-order valence-electron chi connectivity index (χ4n) is 1.89. The van der Waals surface area contributed by atoms with E-state index in [1.165, 1.54) is 6.07 Å². The Bertz CT molecular complexity index is 742. The maximum absolute atomic E-state index is 12.1. The van der Waals surface area contributed by atoms with Crippen LogP contribution in [0.1, 0.15) is 15.9 Å². The minimum absolute atomic E-state index is 0.0583. The highest BCUT2D eigenvalue weighted by atomic mass is 32.2. The van der Waals surface area contributed by atoms with E-state index in [0.29, 0.717) is 17.9 Å². The minimum atomic E-state index is -3.37. The zero-order chi connectivity index (χ0) is 16.0. The number of sulfonamides is 1. The Labute approximate surface area is 130 Å². The molecule has 6 heteroatoms. The number of hydrogen-bond acceptors (Lipinski definition) is 4. The molecule has 0 heterocycles. The number of benzene rings is 2. The van der Waals surface area contributed by atoms with Crippen LogP contribution < -0.4 is 4.72 Å². The van der Waals surface area contributed by atoms with Gasteiger partial charge in [-0.15, -0.1) is 0 Å². The number of ether oxygens (including phenoxy) is 1. The summed E-state index contributed by atoms with van der Waals surface area (Å²) in [5.41, 5.74) is 1.75. The normalized spacial score (nSPS) is 11.1. The van der Waals surface area contributed by atoms with Gasteiger partial charge in [-0.25, -0.2) is 8.42 Å². The van der Waals surface area contributed by atoms with Gasteiger partial charge in [-0.1, -0.05) is 42.5 Å². The predicted molar refractivity (Wildman–Crippen MR) is 85.3 cm³/mol. The van der Waals surface area contributed by atoms with Gasteiger partial charge in [-0.05, 0) is 17.7 Å². The van der Waals surface area contributed by atoms with Crippen molar-refractivity contribution in [1.29, 1.82) is 0 Å². The van der Waals surface area contributed by atoms with Crippen molar-refractivity contribution in [2.24, 2.45) is 0 Å². The average molecular weight is 319 g/mol. The third-order valence-corrected chi connectivity index (χ3v) is 3.44. The van der Waals surface area contributed by atoms with E-state index in [0.717, 1.165) is 11.8 Å². The summed E-state index contributed by atoms with van der Waals surface area (Å²) in [7, 11) is -3.37. The fourth-order valence-corrected chi connectivity index (χ4v) is 2.44. The molecule has 22 heavy (non-hydrogen) atoms. The van der Waals surface area contributed by atoms with Gasteiger partial charge >= 0.3 is 0 Å². The van der Waals surface area contributed by atoms with E-state index in [1.54, 1.807) is 18.2 Å². The first-order valence-corrected chi connectivity index (χ1v) is 8.56. The van der Waals surface area contributed by atoms with E-state index >= 15 is 0 Å². The van der Waals surface area contributed by atoms with Crippen LogP contribution in [0.15, 0.2) is 54.6 Å². The number of carbonyl (C=O) groups excluding carboxylic acids is 1. The number of rotatable bonds is 7. The van der Waals surface area contributed by atoms with Gasteiger partial charge in [0.05, 0.1) is 12.9 Å². The molecule has 0 aliphatic carbocycles. The van der Waals surface area contributed by atoms with Crippen LogP contribution in [0.25, 0.3) is 0 Å². The lowest BCUT2D eigenvalue weighted by Gasteiger charge is -2.07. The maximum Gasteiger partial charge on any atom is 0.229 e. The molecule has 0 saturated heterocycles. The standard InChI is InChI=1S/C16H17NO4S/c1-22(19,20)17-15-9-5-8-14(10-15)16(18)12-21-11-13-6-3-2-4-7-13/h2-10,17H,11-12H2,1H3. The summed E-state index contributed by atoms with van der Waals surface area (Å²) in [5.74, 6) is -0.201. The van der Waals surface area contributed by atoms with Crippen LogP contribution in [0.4, 0.5) is 5.69 Å². The van der Waals surface area contributed by atoms with Crippen LogP contribution in [-0.2, 0) is 21.4 Å². The van der Waals surface area contributed by atoms with E-state index in [4.69, 9.17) is 4.74 Å². The first-order valence-electron chi connectivity index (χ1n) is 6.67. The highest BCUT2D eigenvalue weighted by Gasteiger charge is 2.08. The van der Waals surface area contributed by atoms with Crippen LogP contribution in [0.3, 0.4) is 0 Å². The molecule has 0 radical (unpaired) electrons. The molecule has 0 aliphatic heterocycles. The Kier molecular flexibility index (Phi) is 5.30. The summed E-state index contributed by atoms with van der Waals surface area (Å²) >= 11 is 0. The molecule has 0 aliphatic rings. The summed E-state index contributed by atoms with van der Waals surface area (Å²) in [4.78, 5) is 12.1. The van der Waals surface area contributed by atoms with Crippen LogP contribution in [0, 0.1) is 0 Å². The predicted octanol–water partition coefficient (Wildman–Crippen LogP) is 2.46. The third kappa shape index (κ3) is 5.31. The number of Topliss-reactive ketones (excluding diaryl/α,β-unsaturated/α-hetero) is 1. The van der Waals surface area contributed by atoms with E-state index in [2.05, 4.69) is 4.72 Å². The van der Waals surface area contributed by atoms with Gasteiger partial charge in [0.2, 0.25) is 10.0 Å². The fraction of sp³-hybridized carbons (Fsp3) is 0.188. The summed E-state index contributed by atoms with van der Waals surface area (Å²) in [6.45, 7) is 0.297. The molecule has 0 aromatic heterocycles. The van der Waals surface area contributed by atoms with Crippen molar-refractivity contribution in [3.63, 3.8) is 0 Å². The van der Waals surface area contributed by atoms with Gasteiger partial charge in [0.15, 0.2) is 5.78 Å². The number of anilines is 1. The van der Waals surface area contributed by atoms with Gasteiger partial charge in [0, 0.05) is 11.3 Å². The largest absolute Gasteiger partial charge is 0.369 e. The van der Waals surface area contributed by atoms with E-state index in [1.807, 2.05) is 30.3 Å². The lowest BCUT2D eigenvalue weighted by Crippen LogP contribution is -2.12. The first-order chi connectivity index (χ1) is 10.4. The molecule has 0 spiro atoms. The molecular weight excluding hydrogens is 302 g/mol. The summed E-state index contributed by atoms with van der Waals surface area (Å²) in [5, 5.41) is 0. The molecule has 0 amide bonds. The number of ketones is 1. The van der Waals surface area contributed by atoms with Crippen molar-refractivity contribution in [2.75, 3.05) is 17.6 Å². The van der Waals surface area contributed by atoms with Gasteiger partial charge in [-0.3, -0.25) is 9.52 Å². The van der Waals surface area contributed by atoms with Crippen LogP contribution >= 0.6 is 0 Å². The van der Waals surface area contributed by atoms with E-state index < -0.39 is 10.0 Å². The smallest absolute Gasteiger partial charge is 0.229 e. The highest BCUT2D eigenvalue weighted by molar-refractivity contribution is 7.92. The van der Waals surface area contributed by atoms with Crippen LogP contribution in [-0.4, -0.2) is 27.1 Å². The third-order valence-electron chi connectivity index (χ3n) is 2.83. The zero-order valence-corrected chi connectivity index (χ0v) is 13.0. The van der Waals surface area contributed by atoms with Crippen molar-refractivity contribution in [1.82, 2.24) is 0 Å².